The lowest BCUT2D eigenvalue weighted by atomic mass is 9.98. The van der Waals surface area contributed by atoms with Gasteiger partial charge in [-0.05, 0) is 31.9 Å². The molecule has 1 aliphatic heterocycles. The Kier molecular flexibility index (Phi) is 4.68. The summed E-state index contributed by atoms with van der Waals surface area (Å²) in [6.07, 6.45) is 6.74. The number of carbonyl (C=O) groups excluding carboxylic acids is 1. The number of hydrogen-bond donors (Lipinski definition) is 0. The maximum absolute atomic E-state index is 12.6. The third kappa shape index (κ3) is 3.44. The summed E-state index contributed by atoms with van der Waals surface area (Å²) in [5.74, 6) is 1.00. The van der Waals surface area contributed by atoms with Gasteiger partial charge in [0.15, 0.2) is 6.10 Å². The van der Waals surface area contributed by atoms with E-state index in [1.165, 1.54) is 0 Å². The zero-order valence-corrected chi connectivity index (χ0v) is 13.3. The van der Waals surface area contributed by atoms with E-state index in [2.05, 4.69) is 9.97 Å². The van der Waals surface area contributed by atoms with Crippen LogP contribution >= 0.6 is 11.3 Å². The van der Waals surface area contributed by atoms with Gasteiger partial charge in [0.2, 0.25) is 0 Å². The second-order valence-electron chi connectivity index (χ2n) is 5.44. The molecular formula is C16H19N3O2S. The Balaban J connectivity index is 1.61. The summed E-state index contributed by atoms with van der Waals surface area (Å²) in [5, 5.41) is 3.11. The van der Waals surface area contributed by atoms with Crippen LogP contribution in [0.1, 0.15) is 30.7 Å². The molecule has 0 saturated carbocycles. The number of likely N-dealkylation sites (tertiary alicyclic amines) is 1. The van der Waals surface area contributed by atoms with Crippen LogP contribution in [0, 0.1) is 0 Å². The number of piperidine rings is 1. The van der Waals surface area contributed by atoms with Crippen LogP contribution in [-0.4, -0.2) is 40.0 Å². The van der Waals surface area contributed by atoms with E-state index < -0.39 is 6.10 Å². The summed E-state index contributed by atoms with van der Waals surface area (Å²) >= 11 is 1.67. The van der Waals surface area contributed by atoms with Gasteiger partial charge >= 0.3 is 0 Å². The molecule has 0 aromatic carbocycles. The molecule has 0 aliphatic carbocycles. The molecule has 3 rings (SSSR count). The summed E-state index contributed by atoms with van der Waals surface area (Å²) < 4.78 is 5.69. The largest absolute Gasteiger partial charge is 0.479 e. The fraction of sp³-hybridized carbons (Fsp3) is 0.438. The van der Waals surface area contributed by atoms with Crippen molar-refractivity contribution in [1.29, 1.82) is 0 Å². The van der Waals surface area contributed by atoms with Crippen molar-refractivity contribution in [2.45, 2.75) is 31.8 Å². The predicted octanol–water partition coefficient (Wildman–Crippen LogP) is 2.71. The Labute approximate surface area is 134 Å². The number of aromatic nitrogens is 2. The first kappa shape index (κ1) is 15.0. The molecule has 0 unspecified atom stereocenters. The Morgan fingerprint density at radius 2 is 2.41 bits per heavy atom. The zero-order chi connectivity index (χ0) is 15.4. The van der Waals surface area contributed by atoms with Gasteiger partial charge in [-0.3, -0.25) is 9.78 Å². The molecule has 0 N–H and O–H groups in total. The third-order valence-corrected chi connectivity index (χ3v) is 4.77. The smallest absolute Gasteiger partial charge is 0.263 e. The van der Waals surface area contributed by atoms with Gasteiger partial charge < -0.3 is 9.64 Å². The molecule has 1 amide bonds. The fourth-order valence-electron chi connectivity index (χ4n) is 2.74. The fourth-order valence-corrected chi connectivity index (χ4v) is 3.51. The summed E-state index contributed by atoms with van der Waals surface area (Å²) in [4.78, 5) is 22.9. The quantitative estimate of drug-likeness (QED) is 0.870. The number of ether oxygens (including phenoxy) is 1. The van der Waals surface area contributed by atoms with Crippen molar-refractivity contribution in [2.24, 2.45) is 0 Å². The second-order valence-corrected chi connectivity index (χ2v) is 6.37. The second kappa shape index (κ2) is 6.87. The van der Waals surface area contributed by atoms with Gasteiger partial charge in [-0.15, -0.1) is 11.3 Å². The van der Waals surface area contributed by atoms with Crippen molar-refractivity contribution in [3.8, 4) is 5.75 Å². The highest BCUT2D eigenvalue weighted by Gasteiger charge is 2.29. The summed E-state index contributed by atoms with van der Waals surface area (Å²) in [7, 11) is 0. The molecule has 0 radical (unpaired) electrons. The number of amides is 1. The van der Waals surface area contributed by atoms with Crippen LogP contribution in [0.25, 0.3) is 0 Å². The van der Waals surface area contributed by atoms with Gasteiger partial charge in [-0.2, -0.15) is 0 Å². The number of thiazole rings is 1. The highest BCUT2D eigenvalue weighted by molar-refractivity contribution is 7.09. The third-order valence-electron chi connectivity index (χ3n) is 3.83. The molecule has 1 aliphatic rings. The monoisotopic (exact) mass is 317 g/mol. The first-order valence-corrected chi connectivity index (χ1v) is 8.37. The lowest BCUT2D eigenvalue weighted by Crippen LogP contribution is -2.45. The molecule has 2 aromatic heterocycles. The minimum Gasteiger partial charge on any atom is -0.479 e. The number of rotatable bonds is 4. The van der Waals surface area contributed by atoms with Crippen LogP contribution in [0.2, 0.25) is 0 Å². The highest BCUT2D eigenvalue weighted by Crippen LogP contribution is 2.28. The molecule has 6 heteroatoms. The van der Waals surface area contributed by atoms with Crippen molar-refractivity contribution in [2.75, 3.05) is 13.1 Å². The molecule has 1 saturated heterocycles. The van der Waals surface area contributed by atoms with Crippen molar-refractivity contribution < 1.29 is 9.53 Å². The van der Waals surface area contributed by atoms with Crippen molar-refractivity contribution >= 4 is 17.2 Å². The topological polar surface area (TPSA) is 55.3 Å². The molecule has 1 fully saturated rings. The molecule has 0 spiro atoms. The van der Waals surface area contributed by atoms with Crippen LogP contribution in [0.15, 0.2) is 36.1 Å². The average Bonchev–Trinajstić information content (AvgIpc) is 3.10. The maximum Gasteiger partial charge on any atom is 0.263 e. The van der Waals surface area contributed by atoms with E-state index in [0.717, 1.165) is 30.9 Å². The lowest BCUT2D eigenvalue weighted by molar-refractivity contribution is -0.139. The van der Waals surface area contributed by atoms with E-state index in [4.69, 9.17) is 4.74 Å². The van der Waals surface area contributed by atoms with E-state index in [9.17, 15) is 4.79 Å². The molecule has 3 heterocycles. The summed E-state index contributed by atoms with van der Waals surface area (Å²) in [6, 6.07) is 3.61. The molecule has 0 bridgehead atoms. The minimum absolute atomic E-state index is 0.0325. The molecule has 22 heavy (non-hydrogen) atoms. The van der Waals surface area contributed by atoms with E-state index >= 15 is 0 Å². The molecule has 2 atom stereocenters. The Morgan fingerprint density at radius 1 is 1.50 bits per heavy atom. The van der Waals surface area contributed by atoms with Gasteiger partial charge in [0.1, 0.15) is 5.75 Å². The Morgan fingerprint density at radius 3 is 3.14 bits per heavy atom. The number of hydrogen-bond acceptors (Lipinski definition) is 5. The van der Waals surface area contributed by atoms with Gasteiger partial charge in [0, 0.05) is 36.8 Å². The first-order valence-electron chi connectivity index (χ1n) is 7.49. The van der Waals surface area contributed by atoms with E-state index in [-0.39, 0.29) is 5.91 Å². The van der Waals surface area contributed by atoms with Crippen molar-refractivity contribution in [3.05, 3.63) is 41.1 Å². The number of pyridine rings is 1. The van der Waals surface area contributed by atoms with Gasteiger partial charge in [0.05, 0.1) is 11.2 Å². The normalized spacial score (nSPS) is 19.7. The average molecular weight is 317 g/mol. The standard InChI is InChI=1S/C16H19N3O2S/c1-12(21-14-5-2-6-17-10-14)16(20)19-8-3-4-13(11-19)15-18-7-9-22-15/h2,5-7,9-10,12-13H,3-4,8,11H2,1H3/t12-,13+/m1/s1. The van der Waals surface area contributed by atoms with Crippen LogP contribution in [0.3, 0.4) is 0 Å². The molecule has 116 valence electrons. The SMILES string of the molecule is C[C@@H](Oc1cccnc1)C(=O)N1CCC[C@H](c2nccs2)C1. The molecule has 2 aromatic rings. The zero-order valence-electron chi connectivity index (χ0n) is 12.5. The van der Waals surface area contributed by atoms with E-state index in [0.29, 0.717) is 11.7 Å². The summed E-state index contributed by atoms with van der Waals surface area (Å²) in [5.41, 5.74) is 0. The first-order chi connectivity index (χ1) is 10.7. The van der Waals surface area contributed by atoms with Crippen molar-refractivity contribution in [3.63, 3.8) is 0 Å². The number of carbonyl (C=O) groups is 1. The van der Waals surface area contributed by atoms with Crippen LogP contribution in [0.5, 0.6) is 5.75 Å². The van der Waals surface area contributed by atoms with Crippen molar-refractivity contribution in [1.82, 2.24) is 14.9 Å². The van der Waals surface area contributed by atoms with Gasteiger partial charge in [0.25, 0.3) is 5.91 Å². The predicted molar refractivity (Wildman–Crippen MR) is 85.0 cm³/mol. The van der Waals surface area contributed by atoms with Crippen LogP contribution < -0.4 is 4.74 Å². The Bertz CT molecular complexity index is 603. The van der Waals surface area contributed by atoms with E-state index in [1.807, 2.05) is 22.5 Å². The molecular weight excluding hydrogens is 298 g/mol. The Hall–Kier alpha value is -1.95. The van der Waals surface area contributed by atoms with Crippen LogP contribution in [-0.2, 0) is 4.79 Å². The van der Waals surface area contributed by atoms with Gasteiger partial charge in [-0.1, -0.05) is 0 Å². The lowest BCUT2D eigenvalue weighted by Gasteiger charge is -2.33. The number of nitrogens with zero attached hydrogens (tertiary/aromatic N) is 3. The molecule has 5 nitrogen and oxygen atoms in total. The minimum atomic E-state index is -0.501. The van der Waals surface area contributed by atoms with Gasteiger partial charge in [-0.25, -0.2) is 4.98 Å². The van der Waals surface area contributed by atoms with Crippen LogP contribution in [0.4, 0.5) is 0 Å². The highest BCUT2D eigenvalue weighted by atomic mass is 32.1. The van der Waals surface area contributed by atoms with E-state index in [1.54, 1.807) is 36.7 Å². The summed E-state index contributed by atoms with van der Waals surface area (Å²) in [6.45, 7) is 3.32. The maximum atomic E-state index is 12.6.